The number of carbonyl (C=O) groups is 2. The fourth-order valence-corrected chi connectivity index (χ4v) is 4.87. The third-order valence-electron chi connectivity index (χ3n) is 5.68. The minimum absolute atomic E-state index is 0.00895. The summed E-state index contributed by atoms with van der Waals surface area (Å²) in [7, 11) is -3.97. The predicted molar refractivity (Wildman–Crippen MR) is 132 cm³/mol. The third-order valence-corrected chi connectivity index (χ3v) is 7.30. The van der Waals surface area contributed by atoms with Crippen molar-refractivity contribution in [1.29, 1.82) is 0 Å². The Morgan fingerprint density at radius 3 is 2.26 bits per heavy atom. The van der Waals surface area contributed by atoms with Crippen molar-refractivity contribution in [3.8, 4) is 5.75 Å². The van der Waals surface area contributed by atoms with Gasteiger partial charge in [-0.25, -0.2) is 23.1 Å². The summed E-state index contributed by atoms with van der Waals surface area (Å²) in [6.45, 7) is 2.97. The molecule has 2 aromatic carbocycles. The fraction of sp³-hybridized carbons (Fsp3) is 0.208. The molecule has 4 rings (SSSR count). The van der Waals surface area contributed by atoms with E-state index in [2.05, 4.69) is 14.4 Å². The molecule has 3 amide bonds. The third kappa shape index (κ3) is 5.68. The minimum atomic E-state index is -4.88. The molecule has 2 heterocycles. The molecule has 14 heteroatoms. The summed E-state index contributed by atoms with van der Waals surface area (Å²) in [5.41, 5.74) is -0.778. The Kier molecular flexibility index (Phi) is 7.01. The molecular weight excluding hydrogens is 549 g/mol. The number of anilines is 2. The van der Waals surface area contributed by atoms with E-state index in [4.69, 9.17) is 11.6 Å². The molecule has 38 heavy (non-hydrogen) atoms. The van der Waals surface area contributed by atoms with Crippen molar-refractivity contribution < 1.29 is 35.9 Å². The molecule has 1 aromatic heterocycles. The zero-order valence-electron chi connectivity index (χ0n) is 19.9. The molecule has 0 atom stereocenters. The maximum atomic E-state index is 13.3. The van der Waals surface area contributed by atoms with Gasteiger partial charge in [0, 0.05) is 17.8 Å². The van der Waals surface area contributed by atoms with Crippen molar-refractivity contribution in [2.45, 2.75) is 37.2 Å². The number of nitrogens with one attached hydrogen (secondary N) is 1. The van der Waals surface area contributed by atoms with Crippen molar-refractivity contribution >= 4 is 45.1 Å². The highest BCUT2D eigenvalue weighted by molar-refractivity contribution is 7.92. The molecule has 0 unspecified atom stereocenters. The number of imide groups is 1. The Hall–Kier alpha value is -3.84. The molecule has 1 aliphatic heterocycles. The highest BCUT2D eigenvalue weighted by Gasteiger charge is 2.51. The van der Waals surface area contributed by atoms with Crippen molar-refractivity contribution in [2.75, 3.05) is 9.62 Å². The molecule has 1 saturated heterocycles. The van der Waals surface area contributed by atoms with Crippen molar-refractivity contribution in [2.24, 2.45) is 0 Å². The number of sulfonamides is 1. The Morgan fingerprint density at radius 1 is 1.03 bits per heavy atom. The first-order valence-electron chi connectivity index (χ1n) is 10.9. The van der Waals surface area contributed by atoms with Crippen LogP contribution in [0.2, 0.25) is 5.02 Å². The number of ether oxygens (including phenoxy) is 1. The van der Waals surface area contributed by atoms with Crippen molar-refractivity contribution in [3.05, 3.63) is 77.4 Å². The number of halogens is 4. The van der Waals surface area contributed by atoms with E-state index in [-0.39, 0.29) is 22.9 Å². The lowest BCUT2D eigenvalue weighted by atomic mass is 10.0. The highest BCUT2D eigenvalue weighted by atomic mass is 35.5. The topological polar surface area (TPSA) is 109 Å². The van der Waals surface area contributed by atoms with Gasteiger partial charge in [-0.3, -0.25) is 9.52 Å². The molecular formula is C24H20ClF3N4O5S. The fourth-order valence-electron chi connectivity index (χ4n) is 3.75. The second kappa shape index (κ2) is 9.80. The molecule has 3 aromatic rings. The van der Waals surface area contributed by atoms with Gasteiger partial charge in [-0.2, -0.15) is 0 Å². The molecule has 0 spiro atoms. The van der Waals surface area contributed by atoms with E-state index in [0.29, 0.717) is 10.6 Å². The van der Waals surface area contributed by atoms with Crippen LogP contribution in [0.5, 0.6) is 5.75 Å². The molecule has 1 N–H and O–H groups in total. The van der Waals surface area contributed by atoms with E-state index in [1.165, 1.54) is 67.4 Å². The summed E-state index contributed by atoms with van der Waals surface area (Å²) in [5, 5.41) is 0.371. The average molecular weight is 569 g/mol. The first-order chi connectivity index (χ1) is 17.7. The standard InChI is InChI=1S/C24H20ClF3N4O5S/c1-23(2)21(33)32(17-5-7-18(8-6-17)37-24(26,27)28)22(34)31(23)14-15-11-12-29-20(13-15)30-38(35,36)19-9-3-16(25)4-10-19/h3-13H,14H2,1-2H3,(H,29,30). The molecule has 0 radical (unpaired) electrons. The number of aromatic nitrogens is 1. The predicted octanol–water partition coefficient (Wildman–Crippen LogP) is 5.18. The average Bonchev–Trinajstić information content (AvgIpc) is 2.98. The maximum absolute atomic E-state index is 13.3. The van der Waals surface area contributed by atoms with E-state index in [0.717, 1.165) is 17.0 Å². The zero-order chi connectivity index (χ0) is 27.9. The quantitative estimate of drug-likeness (QED) is 0.393. The van der Waals surface area contributed by atoms with E-state index in [1.807, 2.05) is 0 Å². The number of benzene rings is 2. The summed E-state index contributed by atoms with van der Waals surface area (Å²) < 4.78 is 68.9. The van der Waals surface area contributed by atoms with E-state index >= 15 is 0 Å². The van der Waals surface area contributed by atoms with Crippen molar-refractivity contribution in [1.82, 2.24) is 9.88 Å². The Morgan fingerprint density at radius 2 is 1.66 bits per heavy atom. The summed E-state index contributed by atoms with van der Waals surface area (Å²) in [5.74, 6) is -1.10. The zero-order valence-corrected chi connectivity index (χ0v) is 21.4. The first kappa shape index (κ1) is 27.2. The number of amides is 3. The summed E-state index contributed by atoms with van der Waals surface area (Å²) >= 11 is 5.81. The normalized spacial score (nSPS) is 15.6. The monoisotopic (exact) mass is 568 g/mol. The number of rotatable bonds is 7. The lowest BCUT2D eigenvalue weighted by Gasteiger charge is -2.27. The molecule has 1 fully saturated rings. The number of urea groups is 1. The smallest absolute Gasteiger partial charge is 0.406 e. The van der Waals surface area contributed by atoms with Gasteiger partial charge in [0.1, 0.15) is 17.1 Å². The van der Waals surface area contributed by atoms with Crippen LogP contribution in [0.4, 0.5) is 29.5 Å². The molecule has 1 aliphatic rings. The molecule has 9 nitrogen and oxygen atoms in total. The van der Waals surface area contributed by atoms with Gasteiger partial charge in [-0.15, -0.1) is 13.2 Å². The molecule has 0 bridgehead atoms. The SMILES string of the molecule is CC1(C)C(=O)N(c2ccc(OC(F)(F)F)cc2)C(=O)N1Cc1ccnc(NS(=O)(=O)c2ccc(Cl)cc2)c1. The van der Waals surface area contributed by atoms with Crippen LogP contribution in [0.15, 0.2) is 71.8 Å². The summed E-state index contributed by atoms with van der Waals surface area (Å²) in [6.07, 6.45) is -3.53. The highest BCUT2D eigenvalue weighted by Crippen LogP contribution is 2.35. The Bertz CT molecular complexity index is 1480. The molecule has 0 aliphatic carbocycles. The van der Waals surface area contributed by atoms with Crippen molar-refractivity contribution in [3.63, 3.8) is 0 Å². The number of carbonyl (C=O) groups excluding carboxylic acids is 2. The van der Waals surface area contributed by atoms with Gasteiger partial charge >= 0.3 is 12.4 Å². The number of nitrogens with zero attached hydrogens (tertiary/aromatic N) is 3. The lowest BCUT2D eigenvalue weighted by Crippen LogP contribution is -2.43. The van der Waals surface area contributed by atoms with Gasteiger partial charge in [-0.05, 0) is 80.1 Å². The lowest BCUT2D eigenvalue weighted by molar-refractivity contribution is -0.274. The van der Waals surface area contributed by atoms with Crippen LogP contribution in [0.25, 0.3) is 0 Å². The second-order valence-electron chi connectivity index (χ2n) is 8.72. The van der Waals surface area contributed by atoms with Gasteiger partial charge in [0.25, 0.3) is 15.9 Å². The maximum Gasteiger partial charge on any atom is 0.573 e. The Balaban J connectivity index is 1.54. The number of hydrogen-bond acceptors (Lipinski definition) is 6. The van der Waals surface area contributed by atoms with E-state index in [9.17, 15) is 31.2 Å². The number of alkyl halides is 3. The van der Waals surface area contributed by atoms with Crippen LogP contribution in [0, 0.1) is 0 Å². The van der Waals surface area contributed by atoms with Gasteiger partial charge in [0.05, 0.1) is 10.6 Å². The van der Waals surface area contributed by atoms with Crippen LogP contribution >= 0.6 is 11.6 Å². The molecule has 0 saturated carbocycles. The van der Waals surface area contributed by atoms with Gasteiger partial charge < -0.3 is 9.64 Å². The van der Waals surface area contributed by atoms with E-state index < -0.39 is 39.6 Å². The largest absolute Gasteiger partial charge is 0.573 e. The van der Waals surface area contributed by atoms with Crippen LogP contribution in [-0.2, 0) is 21.4 Å². The van der Waals surface area contributed by atoms with Crippen LogP contribution in [-0.4, -0.2) is 42.1 Å². The number of hydrogen-bond donors (Lipinski definition) is 1. The van der Waals surface area contributed by atoms with Crippen LogP contribution in [0.1, 0.15) is 19.4 Å². The van der Waals surface area contributed by atoms with Gasteiger partial charge in [-0.1, -0.05) is 11.6 Å². The summed E-state index contributed by atoms with van der Waals surface area (Å²) in [6, 6.07) is 12.2. The molecule has 200 valence electrons. The first-order valence-corrected chi connectivity index (χ1v) is 12.8. The Labute approximate surface area is 220 Å². The second-order valence-corrected chi connectivity index (χ2v) is 10.8. The van der Waals surface area contributed by atoms with Crippen LogP contribution in [0.3, 0.4) is 0 Å². The minimum Gasteiger partial charge on any atom is -0.406 e. The van der Waals surface area contributed by atoms with Gasteiger partial charge in [0.2, 0.25) is 0 Å². The van der Waals surface area contributed by atoms with E-state index in [1.54, 1.807) is 6.07 Å². The number of pyridine rings is 1. The summed E-state index contributed by atoms with van der Waals surface area (Å²) in [4.78, 5) is 32.5. The van der Waals surface area contributed by atoms with Crippen LogP contribution < -0.4 is 14.4 Å². The van der Waals surface area contributed by atoms with Gasteiger partial charge in [0.15, 0.2) is 0 Å².